The van der Waals surface area contributed by atoms with Crippen molar-refractivity contribution in [3.05, 3.63) is 182 Å². The highest BCUT2D eigenvalue weighted by Crippen LogP contribution is 2.38. The van der Waals surface area contributed by atoms with E-state index >= 15 is 0 Å². The van der Waals surface area contributed by atoms with E-state index in [4.69, 9.17) is 28.8 Å². The number of fused-ring (bicyclic) bond motifs is 9. The summed E-state index contributed by atoms with van der Waals surface area (Å²) in [5, 5.41) is 7.46. The first-order chi connectivity index (χ1) is 28.7. The minimum Gasteiger partial charge on any atom is -0.456 e. The molecule has 12 rings (SSSR count). The molecule has 4 heterocycles. The highest BCUT2D eigenvalue weighted by Gasteiger charge is 2.19. The molecule has 0 saturated heterocycles. The van der Waals surface area contributed by atoms with Crippen molar-refractivity contribution < 1.29 is 8.83 Å². The summed E-state index contributed by atoms with van der Waals surface area (Å²) in [6, 6.07) is 62.5. The zero-order chi connectivity index (χ0) is 38.2. The van der Waals surface area contributed by atoms with E-state index in [1.807, 2.05) is 54.6 Å². The van der Waals surface area contributed by atoms with Crippen molar-refractivity contribution in [2.45, 2.75) is 0 Å². The molecular formula is C52H30N4O2. The van der Waals surface area contributed by atoms with Gasteiger partial charge >= 0.3 is 0 Å². The summed E-state index contributed by atoms with van der Waals surface area (Å²) in [7, 11) is 0. The van der Waals surface area contributed by atoms with Gasteiger partial charge in [-0.3, -0.25) is 0 Å². The number of benzene rings is 8. The topological polar surface area (TPSA) is 77.8 Å². The Balaban J connectivity index is 1.05. The lowest BCUT2D eigenvalue weighted by atomic mass is 9.97. The van der Waals surface area contributed by atoms with Gasteiger partial charge in [-0.2, -0.15) is 0 Å². The molecule has 6 nitrogen and oxygen atoms in total. The van der Waals surface area contributed by atoms with E-state index in [-0.39, 0.29) is 0 Å². The average molecular weight is 743 g/mol. The van der Waals surface area contributed by atoms with Crippen molar-refractivity contribution in [2.24, 2.45) is 0 Å². The predicted molar refractivity (Wildman–Crippen MR) is 234 cm³/mol. The third kappa shape index (κ3) is 5.27. The number of hydrogen-bond acceptors (Lipinski definition) is 6. The van der Waals surface area contributed by atoms with Crippen molar-refractivity contribution in [1.82, 2.24) is 19.9 Å². The maximum absolute atomic E-state index is 6.35. The van der Waals surface area contributed by atoms with Gasteiger partial charge in [0, 0.05) is 27.3 Å². The van der Waals surface area contributed by atoms with Crippen LogP contribution >= 0.6 is 0 Å². The largest absolute Gasteiger partial charge is 0.456 e. The van der Waals surface area contributed by atoms with Crippen LogP contribution in [0.15, 0.2) is 191 Å². The molecule has 0 saturated carbocycles. The summed E-state index contributed by atoms with van der Waals surface area (Å²) in [5.41, 5.74) is 10.8. The minimum atomic E-state index is 0.470. The Bertz CT molecular complexity index is 3590. The lowest BCUT2D eigenvalue weighted by Crippen LogP contribution is -2.01. The minimum absolute atomic E-state index is 0.470. The molecular weight excluding hydrogens is 713 g/mol. The smallest absolute Gasteiger partial charge is 0.182 e. The van der Waals surface area contributed by atoms with E-state index in [9.17, 15) is 0 Å². The van der Waals surface area contributed by atoms with Gasteiger partial charge in [0.15, 0.2) is 23.1 Å². The Kier molecular flexibility index (Phi) is 7.13. The molecule has 0 aliphatic carbocycles. The van der Waals surface area contributed by atoms with Gasteiger partial charge < -0.3 is 8.83 Å². The van der Waals surface area contributed by atoms with Gasteiger partial charge in [-0.25, -0.2) is 19.9 Å². The van der Waals surface area contributed by atoms with Crippen LogP contribution in [-0.4, -0.2) is 19.9 Å². The van der Waals surface area contributed by atoms with E-state index in [1.165, 1.54) is 10.9 Å². The normalized spacial score (nSPS) is 11.8. The monoisotopic (exact) mass is 742 g/mol. The second kappa shape index (κ2) is 12.8. The van der Waals surface area contributed by atoms with Crippen molar-refractivity contribution >= 4 is 65.6 Å². The average Bonchev–Trinajstić information content (AvgIpc) is 3.86. The zero-order valence-electron chi connectivity index (χ0n) is 30.9. The molecule has 270 valence electrons. The Morgan fingerprint density at radius 2 is 0.879 bits per heavy atom. The van der Waals surface area contributed by atoms with Crippen molar-refractivity contribution in [3.8, 4) is 56.5 Å². The lowest BCUT2D eigenvalue weighted by molar-refractivity contribution is 0.668. The van der Waals surface area contributed by atoms with Crippen molar-refractivity contribution in [3.63, 3.8) is 0 Å². The van der Waals surface area contributed by atoms with E-state index < -0.39 is 0 Å². The first-order valence-electron chi connectivity index (χ1n) is 19.3. The van der Waals surface area contributed by atoms with Crippen LogP contribution in [0.3, 0.4) is 0 Å². The Hall–Kier alpha value is -7.96. The second-order valence-electron chi connectivity index (χ2n) is 14.6. The molecule has 0 amide bonds. The fraction of sp³-hybridized carbons (Fsp3) is 0. The molecule has 0 aliphatic rings. The fourth-order valence-electron chi connectivity index (χ4n) is 8.30. The molecule has 0 N–H and O–H groups in total. The third-order valence-corrected chi connectivity index (χ3v) is 11.1. The summed E-state index contributed by atoms with van der Waals surface area (Å²) < 4.78 is 12.5. The molecule has 0 atom stereocenters. The quantitative estimate of drug-likeness (QED) is 0.163. The molecule has 0 unspecified atom stereocenters. The van der Waals surface area contributed by atoms with Gasteiger partial charge in [0.05, 0.1) is 0 Å². The van der Waals surface area contributed by atoms with Crippen LogP contribution in [0.25, 0.3) is 122 Å². The van der Waals surface area contributed by atoms with Crippen LogP contribution in [0.1, 0.15) is 0 Å². The number of aromatic nitrogens is 4. The van der Waals surface area contributed by atoms with Crippen LogP contribution in [-0.2, 0) is 0 Å². The van der Waals surface area contributed by atoms with E-state index in [2.05, 4.69) is 127 Å². The predicted octanol–water partition coefficient (Wildman–Crippen LogP) is 13.7. The van der Waals surface area contributed by atoms with Crippen LogP contribution in [0.4, 0.5) is 0 Å². The molecule has 8 aromatic carbocycles. The Morgan fingerprint density at radius 3 is 1.76 bits per heavy atom. The number of nitrogens with zero attached hydrogens (tertiary/aromatic N) is 4. The number of para-hydroxylation sites is 1. The van der Waals surface area contributed by atoms with E-state index in [0.29, 0.717) is 28.8 Å². The molecule has 0 bridgehead atoms. The van der Waals surface area contributed by atoms with Crippen LogP contribution in [0.2, 0.25) is 0 Å². The van der Waals surface area contributed by atoms with Gasteiger partial charge in [0.2, 0.25) is 0 Å². The highest BCUT2D eigenvalue weighted by atomic mass is 16.3. The summed E-state index contributed by atoms with van der Waals surface area (Å²) in [6.45, 7) is 0. The summed E-state index contributed by atoms with van der Waals surface area (Å²) in [4.78, 5) is 20.8. The molecule has 6 heteroatoms. The first-order valence-corrected chi connectivity index (χ1v) is 19.3. The molecule has 12 aromatic rings. The number of hydrogen-bond donors (Lipinski definition) is 0. The maximum Gasteiger partial charge on any atom is 0.182 e. The van der Waals surface area contributed by atoms with Gasteiger partial charge in [0.25, 0.3) is 0 Å². The molecule has 0 radical (unpaired) electrons. The number of furan rings is 2. The molecule has 4 aromatic heterocycles. The number of rotatable bonds is 5. The molecule has 58 heavy (non-hydrogen) atoms. The molecule has 0 spiro atoms. The second-order valence-corrected chi connectivity index (χ2v) is 14.6. The van der Waals surface area contributed by atoms with Gasteiger partial charge in [0.1, 0.15) is 28.0 Å². The van der Waals surface area contributed by atoms with E-state index in [1.54, 1.807) is 0 Å². The third-order valence-electron chi connectivity index (χ3n) is 11.1. The highest BCUT2D eigenvalue weighted by molar-refractivity contribution is 6.13. The standard InChI is InChI=1S/C52H30N4O2/c1-2-11-31(12-3-1)32-14-10-15-33(27-32)34-21-24-47-43(28-34)49-48(58-47)26-23-44(53-49)52-55-50(36-22-25-46-41(30-36)40-19-8-9-20-45(40)57-46)54-51(56-52)42-29-35-13-4-5-16-37(35)38-17-6-7-18-39(38)42/h1-30H. The van der Waals surface area contributed by atoms with E-state index in [0.717, 1.165) is 82.4 Å². The number of pyridine rings is 1. The molecule has 0 aliphatic heterocycles. The van der Waals surface area contributed by atoms with Crippen molar-refractivity contribution in [1.29, 1.82) is 0 Å². The summed E-state index contributed by atoms with van der Waals surface area (Å²) in [6.07, 6.45) is 0. The zero-order valence-corrected chi connectivity index (χ0v) is 30.9. The van der Waals surface area contributed by atoms with Crippen LogP contribution < -0.4 is 0 Å². The summed E-state index contributed by atoms with van der Waals surface area (Å²) >= 11 is 0. The van der Waals surface area contributed by atoms with Gasteiger partial charge in [-0.05, 0) is 104 Å². The summed E-state index contributed by atoms with van der Waals surface area (Å²) in [5.74, 6) is 1.58. The Labute approximate surface area is 331 Å². The van der Waals surface area contributed by atoms with Crippen LogP contribution in [0, 0.1) is 0 Å². The Morgan fingerprint density at radius 1 is 0.293 bits per heavy atom. The SMILES string of the molecule is c1ccc(-c2cccc(-c3ccc4oc5ccc(-c6nc(-c7ccc8oc9ccccc9c8c7)nc(-c7cc8ccccc8c8ccccc78)n6)nc5c4c3)c2)cc1. The first kappa shape index (κ1) is 32.3. The lowest BCUT2D eigenvalue weighted by Gasteiger charge is -2.12. The maximum atomic E-state index is 6.35. The molecule has 0 fully saturated rings. The van der Waals surface area contributed by atoms with Crippen molar-refractivity contribution in [2.75, 3.05) is 0 Å². The van der Waals surface area contributed by atoms with Gasteiger partial charge in [-0.15, -0.1) is 0 Å². The van der Waals surface area contributed by atoms with Gasteiger partial charge in [-0.1, -0.05) is 121 Å². The fourth-order valence-corrected chi connectivity index (χ4v) is 8.30. The van der Waals surface area contributed by atoms with Crippen LogP contribution in [0.5, 0.6) is 0 Å².